The summed E-state index contributed by atoms with van der Waals surface area (Å²) in [6, 6.07) is 6.01. The molecule has 1 aliphatic heterocycles. The monoisotopic (exact) mass is 252 g/mol. The predicted molar refractivity (Wildman–Crippen MR) is 75.0 cm³/mol. The molecule has 1 fully saturated rings. The van der Waals surface area contributed by atoms with Gasteiger partial charge in [-0.25, -0.2) is 0 Å². The third-order valence-corrected chi connectivity index (χ3v) is 3.63. The van der Waals surface area contributed by atoms with E-state index >= 15 is 0 Å². The van der Waals surface area contributed by atoms with E-state index in [9.17, 15) is 0 Å². The van der Waals surface area contributed by atoms with Gasteiger partial charge in [-0.1, -0.05) is 24.1 Å². The fourth-order valence-corrected chi connectivity index (χ4v) is 2.49. The number of nitrogens with zero attached hydrogens (tertiary/aromatic N) is 1. The molecule has 1 heterocycles. The Balaban J connectivity index is 1.79. The molecule has 94 valence electrons. The number of hydrogen-bond donors (Lipinski definition) is 1. The van der Waals surface area contributed by atoms with E-state index in [4.69, 9.17) is 11.6 Å². The number of hydrogen-bond acceptors (Lipinski definition) is 2. The second-order valence-electron chi connectivity index (χ2n) is 4.79. The van der Waals surface area contributed by atoms with Gasteiger partial charge in [-0.2, -0.15) is 0 Å². The average Bonchev–Trinajstić information content (AvgIpc) is 2.35. The van der Waals surface area contributed by atoms with Crippen molar-refractivity contribution in [3.05, 3.63) is 28.8 Å². The van der Waals surface area contributed by atoms with Crippen LogP contribution < -0.4 is 5.32 Å². The number of halogens is 1. The Morgan fingerprint density at radius 2 is 2.00 bits per heavy atom. The van der Waals surface area contributed by atoms with Crippen molar-refractivity contribution in [1.29, 1.82) is 0 Å². The maximum Gasteiger partial charge on any atom is 0.0426 e. The maximum atomic E-state index is 5.99. The Morgan fingerprint density at radius 1 is 1.24 bits per heavy atom. The molecule has 1 saturated heterocycles. The highest BCUT2D eigenvalue weighted by molar-refractivity contribution is 6.30. The quantitative estimate of drug-likeness (QED) is 0.882. The van der Waals surface area contributed by atoms with Crippen molar-refractivity contribution >= 4 is 17.3 Å². The van der Waals surface area contributed by atoms with Crippen LogP contribution in [0.5, 0.6) is 0 Å². The number of benzene rings is 1. The number of piperidine rings is 1. The summed E-state index contributed by atoms with van der Waals surface area (Å²) in [4.78, 5) is 2.54. The molecule has 0 spiro atoms. The van der Waals surface area contributed by atoms with Crippen molar-refractivity contribution in [2.45, 2.75) is 26.2 Å². The van der Waals surface area contributed by atoms with Crippen LogP contribution in [-0.2, 0) is 0 Å². The maximum absolute atomic E-state index is 5.99. The van der Waals surface area contributed by atoms with Crippen LogP contribution in [0.4, 0.5) is 5.69 Å². The molecule has 0 atom stereocenters. The highest BCUT2D eigenvalue weighted by Gasteiger charge is 2.09. The fraction of sp³-hybridized carbons (Fsp3) is 0.571. The van der Waals surface area contributed by atoms with Crippen LogP contribution in [0.3, 0.4) is 0 Å². The van der Waals surface area contributed by atoms with E-state index in [2.05, 4.69) is 23.2 Å². The van der Waals surface area contributed by atoms with Gasteiger partial charge >= 0.3 is 0 Å². The Bertz CT molecular complexity index is 359. The molecule has 1 N–H and O–H groups in total. The van der Waals surface area contributed by atoms with Crippen molar-refractivity contribution in [3.8, 4) is 0 Å². The molecule has 0 aliphatic carbocycles. The minimum atomic E-state index is 0.802. The lowest BCUT2D eigenvalue weighted by Gasteiger charge is -2.26. The van der Waals surface area contributed by atoms with E-state index < -0.39 is 0 Å². The fourth-order valence-electron chi connectivity index (χ4n) is 2.32. The molecule has 2 rings (SSSR count). The molecule has 3 heteroatoms. The lowest BCUT2D eigenvalue weighted by Crippen LogP contribution is -2.33. The first-order valence-corrected chi connectivity index (χ1v) is 6.86. The molecular weight excluding hydrogens is 232 g/mol. The van der Waals surface area contributed by atoms with Crippen LogP contribution in [0.1, 0.15) is 24.8 Å². The van der Waals surface area contributed by atoms with Crippen LogP contribution >= 0.6 is 11.6 Å². The van der Waals surface area contributed by atoms with E-state index in [0.717, 1.165) is 23.8 Å². The number of nitrogens with one attached hydrogen (secondary N) is 1. The highest BCUT2D eigenvalue weighted by atomic mass is 35.5. The van der Waals surface area contributed by atoms with Crippen LogP contribution in [0.25, 0.3) is 0 Å². The van der Waals surface area contributed by atoms with Gasteiger partial charge in [-0.3, -0.25) is 0 Å². The molecule has 1 aliphatic rings. The summed E-state index contributed by atoms with van der Waals surface area (Å²) >= 11 is 5.99. The number of likely N-dealkylation sites (tertiary alicyclic amines) is 1. The average molecular weight is 253 g/mol. The van der Waals surface area contributed by atoms with Gasteiger partial charge in [0.05, 0.1) is 0 Å². The lowest BCUT2D eigenvalue weighted by molar-refractivity contribution is 0.237. The van der Waals surface area contributed by atoms with Crippen LogP contribution in [-0.4, -0.2) is 31.1 Å². The minimum absolute atomic E-state index is 0.802. The van der Waals surface area contributed by atoms with Crippen molar-refractivity contribution in [2.24, 2.45) is 0 Å². The predicted octanol–water partition coefficient (Wildman–Crippen LogP) is 3.55. The SMILES string of the molecule is Cc1ccc(Cl)cc1NCCN1CCCCC1. The van der Waals surface area contributed by atoms with Gasteiger partial charge in [0.1, 0.15) is 0 Å². The largest absolute Gasteiger partial charge is 0.384 e. The molecule has 17 heavy (non-hydrogen) atoms. The summed E-state index contributed by atoms with van der Waals surface area (Å²) in [6.07, 6.45) is 4.11. The molecule has 2 nitrogen and oxygen atoms in total. The van der Waals surface area contributed by atoms with Gasteiger partial charge in [0.2, 0.25) is 0 Å². The zero-order valence-electron chi connectivity index (χ0n) is 10.5. The molecule has 0 bridgehead atoms. The number of anilines is 1. The smallest absolute Gasteiger partial charge is 0.0426 e. The summed E-state index contributed by atoms with van der Waals surface area (Å²) in [5.41, 5.74) is 2.42. The summed E-state index contributed by atoms with van der Waals surface area (Å²) in [5, 5.41) is 4.28. The molecule has 0 unspecified atom stereocenters. The molecular formula is C14H21ClN2. The van der Waals surface area contributed by atoms with Gasteiger partial charge in [-0.15, -0.1) is 0 Å². The lowest BCUT2D eigenvalue weighted by atomic mass is 10.1. The van der Waals surface area contributed by atoms with Crippen LogP contribution in [0.15, 0.2) is 18.2 Å². The minimum Gasteiger partial charge on any atom is -0.384 e. The third kappa shape index (κ3) is 3.90. The summed E-state index contributed by atoms with van der Waals surface area (Å²) in [6.45, 7) is 6.76. The molecule has 0 amide bonds. The zero-order chi connectivity index (χ0) is 12.1. The summed E-state index contributed by atoms with van der Waals surface area (Å²) in [7, 11) is 0. The Labute approximate surface area is 109 Å². The second kappa shape index (κ2) is 6.27. The highest BCUT2D eigenvalue weighted by Crippen LogP contribution is 2.19. The van der Waals surface area contributed by atoms with Crippen LogP contribution in [0, 0.1) is 6.92 Å². The normalized spacial score (nSPS) is 17.1. The number of aryl methyl sites for hydroxylation is 1. The van der Waals surface area contributed by atoms with Crippen molar-refractivity contribution in [3.63, 3.8) is 0 Å². The molecule has 0 aromatic heterocycles. The molecule has 1 aromatic rings. The Morgan fingerprint density at radius 3 is 2.76 bits per heavy atom. The van der Waals surface area contributed by atoms with Crippen LogP contribution in [0.2, 0.25) is 5.02 Å². The first kappa shape index (κ1) is 12.7. The van der Waals surface area contributed by atoms with Crippen molar-refractivity contribution in [1.82, 2.24) is 4.90 Å². The zero-order valence-corrected chi connectivity index (χ0v) is 11.3. The van der Waals surface area contributed by atoms with E-state index in [1.807, 2.05) is 12.1 Å². The van der Waals surface area contributed by atoms with Crippen molar-refractivity contribution < 1.29 is 0 Å². The Hall–Kier alpha value is -0.730. The third-order valence-electron chi connectivity index (χ3n) is 3.39. The first-order valence-electron chi connectivity index (χ1n) is 6.48. The molecule has 0 saturated carbocycles. The van der Waals surface area contributed by atoms with E-state index in [1.54, 1.807) is 0 Å². The topological polar surface area (TPSA) is 15.3 Å². The van der Waals surface area contributed by atoms with Crippen molar-refractivity contribution in [2.75, 3.05) is 31.5 Å². The summed E-state index contributed by atoms with van der Waals surface area (Å²) < 4.78 is 0. The van der Waals surface area contributed by atoms with E-state index in [0.29, 0.717) is 0 Å². The molecule has 0 radical (unpaired) electrons. The van der Waals surface area contributed by atoms with Gasteiger partial charge < -0.3 is 10.2 Å². The van der Waals surface area contributed by atoms with Gasteiger partial charge in [-0.05, 0) is 50.6 Å². The van der Waals surface area contributed by atoms with E-state index in [-0.39, 0.29) is 0 Å². The second-order valence-corrected chi connectivity index (χ2v) is 5.22. The first-order chi connectivity index (χ1) is 8.25. The van der Waals surface area contributed by atoms with Gasteiger partial charge in [0, 0.05) is 23.8 Å². The van der Waals surface area contributed by atoms with Gasteiger partial charge in [0.25, 0.3) is 0 Å². The Kier molecular flexibility index (Phi) is 4.69. The van der Waals surface area contributed by atoms with E-state index in [1.165, 1.54) is 37.9 Å². The standard InChI is InChI=1S/C14H21ClN2/c1-12-5-6-13(15)11-14(12)16-7-10-17-8-3-2-4-9-17/h5-6,11,16H,2-4,7-10H2,1H3. The van der Waals surface area contributed by atoms with Gasteiger partial charge in [0.15, 0.2) is 0 Å². The summed E-state index contributed by atoms with van der Waals surface area (Å²) in [5.74, 6) is 0. The number of rotatable bonds is 4. The molecule has 1 aromatic carbocycles.